The molecule has 0 fully saturated rings. The van der Waals surface area contributed by atoms with Crippen LogP contribution < -0.4 is 10.6 Å². The molecule has 0 unspecified atom stereocenters. The normalized spacial score (nSPS) is 9.56. The molecule has 0 heterocycles. The minimum atomic E-state index is -1.07. The van der Waals surface area contributed by atoms with E-state index in [2.05, 4.69) is 26.6 Å². The Hall–Kier alpha value is -1.56. The van der Waals surface area contributed by atoms with Gasteiger partial charge in [-0.15, -0.1) is 0 Å². The van der Waals surface area contributed by atoms with Gasteiger partial charge in [-0.1, -0.05) is 28.1 Å². The van der Waals surface area contributed by atoms with Gasteiger partial charge in [-0.2, -0.15) is 0 Å². The Bertz CT molecular complexity index is 378. The summed E-state index contributed by atoms with van der Waals surface area (Å²) in [5.74, 6) is -1.07. The molecule has 1 rings (SSSR count). The number of benzene rings is 1. The van der Waals surface area contributed by atoms with E-state index in [0.29, 0.717) is 6.54 Å². The SMILES string of the molecule is O=C(O)CNC(=O)NCc1ccc(Br)cc1. The first-order valence-corrected chi connectivity index (χ1v) is 5.35. The third kappa shape index (κ3) is 4.79. The number of aliphatic carboxylic acids is 1. The number of hydrogen-bond acceptors (Lipinski definition) is 2. The smallest absolute Gasteiger partial charge is 0.323 e. The molecule has 86 valence electrons. The first kappa shape index (κ1) is 12.5. The van der Waals surface area contributed by atoms with Crippen molar-refractivity contribution in [3.05, 3.63) is 34.3 Å². The Labute approximate surface area is 101 Å². The molecule has 0 spiro atoms. The molecule has 0 aliphatic heterocycles. The maximum Gasteiger partial charge on any atom is 0.323 e. The van der Waals surface area contributed by atoms with E-state index in [9.17, 15) is 9.59 Å². The van der Waals surface area contributed by atoms with Gasteiger partial charge < -0.3 is 15.7 Å². The van der Waals surface area contributed by atoms with Crippen LogP contribution in [-0.2, 0) is 11.3 Å². The van der Waals surface area contributed by atoms with Gasteiger partial charge in [0.05, 0.1) is 0 Å². The third-order valence-corrected chi connectivity index (χ3v) is 2.30. The van der Waals surface area contributed by atoms with E-state index in [4.69, 9.17) is 5.11 Å². The lowest BCUT2D eigenvalue weighted by Gasteiger charge is -2.05. The van der Waals surface area contributed by atoms with E-state index < -0.39 is 12.0 Å². The molecule has 0 saturated carbocycles. The summed E-state index contributed by atoms with van der Waals surface area (Å²) >= 11 is 3.30. The number of carboxylic acids is 1. The zero-order chi connectivity index (χ0) is 12.0. The van der Waals surface area contributed by atoms with Crippen molar-refractivity contribution in [2.45, 2.75) is 6.54 Å². The molecule has 0 aliphatic carbocycles. The molecule has 1 aromatic carbocycles. The molecular formula is C10H11BrN2O3. The summed E-state index contributed by atoms with van der Waals surface area (Å²) in [6, 6.07) is 6.96. The molecule has 0 aliphatic rings. The van der Waals surface area contributed by atoms with Crippen LogP contribution in [0.5, 0.6) is 0 Å². The second-order valence-electron chi connectivity index (χ2n) is 3.06. The summed E-state index contributed by atoms with van der Waals surface area (Å²) in [5.41, 5.74) is 0.939. The second-order valence-corrected chi connectivity index (χ2v) is 3.97. The molecule has 0 radical (unpaired) electrons. The van der Waals surface area contributed by atoms with Crippen LogP contribution >= 0.6 is 15.9 Å². The minimum Gasteiger partial charge on any atom is -0.480 e. The van der Waals surface area contributed by atoms with Crippen molar-refractivity contribution in [2.24, 2.45) is 0 Å². The molecule has 0 bridgehead atoms. The van der Waals surface area contributed by atoms with Crippen LogP contribution in [0.4, 0.5) is 4.79 Å². The van der Waals surface area contributed by atoms with Gasteiger partial charge in [-0.3, -0.25) is 4.79 Å². The number of amides is 2. The molecule has 3 N–H and O–H groups in total. The Morgan fingerprint density at radius 2 is 1.81 bits per heavy atom. The van der Waals surface area contributed by atoms with Crippen molar-refractivity contribution >= 4 is 27.9 Å². The fourth-order valence-corrected chi connectivity index (χ4v) is 1.27. The first-order valence-electron chi connectivity index (χ1n) is 4.56. The van der Waals surface area contributed by atoms with Gasteiger partial charge in [0.1, 0.15) is 6.54 Å². The van der Waals surface area contributed by atoms with E-state index in [1.165, 1.54) is 0 Å². The number of carbonyl (C=O) groups excluding carboxylic acids is 1. The lowest BCUT2D eigenvalue weighted by Crippen LogP contribution is -2.37. The average molecular weight is 287 g/mol. The lowest BCUT2D eigenvalue weighted by molar-refractivity contribution is -0.135. The average Bonchev–Trinajstić information content (AvgIpc) is 2.25. The fraction of sp³-hybridized carbons (Fsp3) is 0.200. The lowest BCUT2D eigenvalue weighted by atomic mass is 10.2. The van der Waals surface area contributed by atoms with E-state index in [1.54, 1.807) is 0 Å². The van der Waals surface area contributed by atoms with Crippen molar-refractivity contribution in [1.82, 2.24) is 10.6 Å². The summed E-state index contributed by atoms with van der Waals surface area (Å²) < 4.78 is 0.964. The van der Waals surface area contributed by atoms with Gasteiger partial charge in [0.15, 0.2) is 0 Å². The Balaban J connectivity index is 2.31. The van der Waals surface area contributed by atoms with Gasteiger partial charge in [0, 0.05) is 11.0 Å². The predicted octanol–water partition coefficient (Wildman–Crippen LogP) is 1.33. The summed E-state index contributed by atoms with van der Waals surface area (Å²) in [6.07, 6.45) is 0. The van der Waals surface area contributed by atoms with Gasteiger partial charge >= 0.3 is 12.0 Å². The highest BCUT2D eigenvalue weighted by atomic mass is 79.9. The van der Waals surface area contributed by atoms with Crippen molar-refractivity contribution in [1.29, 1.82) is 0 Å². The van der Waals surface area contributed by atoms with E-state index >= 15 is 0 Å². The Morgan fingerprint density at radius 3 is 2.38 bits per heavy atom. The van der Waals surface area contributed by atoms with Gasteiger partial charge in [0.2, 0.25) is 0 Å². The van der Waals surface area contributed by atoms with E-state index in [0.717, 1.165) is 10.0 Å². The van der Waals surface area contributed by atoms with Gasteiger partial charge in [-0.25, -0.2) is 4.79 Å². The van der Waals surface area contributed by atoms with Gasteiger partial charge in [-0.05, 0) is 17.7 Å². The van der Waals surface area contributed by atoms with Crippen LogP contribution in [0.15, 0.2) is 28.7 Å². The number of halogens is 1. The number of nitrogens with one attached hydrogen (secondary N) is 2. The molecular weight excluding hydrogens is 276 g/mol. The number of hydrogen-bond donors (Lipinski definition) is 3. The van der Waals surface area contributed by atoms with Crippen LogP contribution in [0, 0.1) is 0 Å². The molecule has 0 atom stereocenters. The summed E-state index contributed by atoms with van der Waals surface area (Å²) in [7, 11) is 0. The topological polar surface area (TPSA) is 78.4 Å². The van der Waals surface area contributed by atoms with Gasteiger partial charge in [0.25, 0.3) is 0 Å². The maximum absolute atomic E-state index is 11.1. The molecule has 5 nitrogen and oxygen atoms in total. The molecule has 0 aromatic heterocycles. The highest BCUT2D eigenvalue weighted by molar-refractivity contribution is 9.10. The summed E-state index contributed by atoms with van der Waals surface area (Å²) in [6.45, 7) is -0.0229. The van der Waals surface area contributed by atoms with Crippen LogP contribution in [0.1, 0.15) is 5.56 Å². The highest BCUT2D eigenvalue weighted by Gasteiger charge is 2.02. The largest absolute Gasteiger partial charge is 0.480 e. The Kier molecular flexibility index (Phi) is 4.78. The quantitative estimate of drug-likeness (QED) is 0.781. The monoisotopic (exact) mass is 286 g/mol. The zero-order valence-corrected chi connectivity index (χ0v) is 9.95. The summed E-state index contributed by atoms with van der Waals surface area (Å²) in [4.78, 5) is 21.3. The first-order chi connectivity index (χ1) is 7.58. The molecule has 0 saturated heterocycles. The highest BCUT2D eigenvalue weighted by Crippen LogP contribution is 2.09. The number of carboxylic acid groups (broad SMARTS) is 1. The molecule has 6 heteroatoms. The van der Waals surface area contributed by atoms with Crippen molar-refractivity contribution in [3.8, 4) is 0 Å². The second kappa shape index (κ2) is 6.12. The Morgan fingerprint density at radius 1 is 1.19 bits per heavy atom. The summed E-state index contributed by atoms with van der Waals surface area (Å²) in [5, 5.41) is 13.1. The van der Waals surface area contributed by atoms with Crippen LogP contribution in [0.25, 0.3) is 0 Å². The number of urea groups is 1. The fourth-order valence-electron chi connectivity index (χ4n) is 1.00. The van der Waals surface area contributed by atoms with Crippen LogP contribution in [-0.4, -0.2) is 23.7 Å². The van der Waals surface area contributed by atoms with Crippen molar-refractivity contribution in [3.63, 3.8) is 0 Å². The number of carbonyl (C=O) groups is 2. The molecule has 2 amide bonds. The zero-order valence-electron chi connectivity index (χ0n) is 8.37. The standard InChI is InChI=1S/C10H11BrN2O3/c11-8-3-1-7(2-4-8)5-12-10(16)13-6-9(14)15/h1-4H,5-6H2,(H,14,15)(H2,12,13,16). The van der Waals surface area contributed by atoms with E-state index in [-0.39, 0.29) is 6.54 Å². The van der Waals surface area contributed by atoms with Crippen LogP contribution in [0.3, 0.4) is 0 Å². The maximum atomic E-state index is 11.1. The minimum absolute atomic E-state index is 0.360. The predicted molar refractivity (Wildman–Crippen MR) is 62.0 cm³/mol. The number of rotatable bonds is 4. The van der Waals surface area contributed by atoms with Crippen molar-refractivity contribution in [2.75, 3.05) is 6.54 Å². The van der Waals surface area contributed by atoms with Crippen molar-refractivity contribution < 1.29 is 14.7 Å². The molecule has 16 heavy (non-hydrogen) atoms. The van der Waals surface area contributed by atoms with E-state index in [1.807, 2.05) is 24.3 Å². The van der Waals surface area contributed by atoms with Crippen LogP contribution in [0.2, 0.25) is 0 Å². The third-order valence-electron chi connectivity index (χ3n) is 1.77. The molecule has 1 aromatic rings.